The average Bonchev–Trinajstić information content (AvgIpc) is 3.00. The Morgan fingerprint density at radius 3 is 2.19 bits per heavy atom. The zero-order valence-electron chi connectivity index (χ0n) is 11.6. The molecule has 0 saturated heterocycles. The van der Waals surface area contributed by atoms with Crippen LogP contribution in [0.4, 0.5) is 0 Å². The average molecular weight is 294 g/mol. The number of benzene rings is 2. The van der Waals surface area contributed by atoms with Crippen molar-refractivity contribution < 1.29 is 9.21 Å². The van der Waals surface area contributed by atoms with Crippen molar-refractivity contribution in [2.24, 2.45) is 0 Å². The molecule has 0 amide bonds. The molecule has 0 aliphatic carbocycles. The number of furan rings is 1. The van der Waals surface area contributed by atoms with Crippen molar-refractivity contribution in [2.75, 3.05) is 6.26 Å². The summed E-state index contributed by atoms with van der Waals surface area (Å²) in [6.07, 6.45) is 1.91. The number of thioether (sulfide) groups is 1. The molecule has 0 bridgehead atoms. The van der Waals surface area contributed by atoms with Crippen LogP contribution in [0.2, 0.25) is 0 Å². The van der Waals surface area contributed by atoms with Gasteiger partial charge < -0.3 is 4.42 Å². The molecule has 0 fully saturated rings. The first-order valence-electron chi connectivity index (χ1n) is 6.62. The highest BCUT2D eigenvalue weighted by Crippen LogP contribution is 2.32. The second kappa shape index (κ2) is 6.02. The monoisotopic (exact) mass is 294 g/mol. The molecule has 3 rings (SSSR count). The lowest BCUT2D eigenvalue weighted by Crippen LogP contribution is -2.00. The summed E-state index contributed by atoms with van der Waals surface area (Å²) < 4.78 is 5.83. The van der Waals surface area contributed by atoms with E-state index in [0.717, 1.165) is 11.3 Å². The van der Waals surface area contributed by atoms with Crippen LogP contribution in [-0.2, 0) is 0 Å². The summed E-state index contributed by atoms with van der Waals surface area (Å²) in [6.45, 7) is 0. The number of hydrogen-bond acceptors (Lipinski definition) is 3. The molecular formula is C18H14O2S. The molecule has 2 nitrogen and oxygen atoms in total. The van der Waals surface area contributed by atoms with Crippen molar-refractivity contribution >= 4 is 17.5 Å². The molecule has 0 aliphatic rings. The maximum absolute atomic E-state index is 12.6. The van der Waals surface area contributed by atoms with Gasteiger partial charge in [0.2, 0.25) is 0 Å². The van der Waals surface area contributed by atoms with Crippen molar-refractivity contribution in [3.63, 3.8) is 0 Å². The Bertz CT molecular complexity index is 745. The van der Waals surface area contributed by atoms with Gasteiger partial charge in [-0.15, -0.1) is 0 Å². The second-order valence-electron chi connectivity index (χ2n) is 4.58. The van der Waals surface area contributed by atoms with Gasteiger partial charge in [0.25, 0.3) is 0 Å². The highest BCUT2D eigenvalue weighted by Gasteiger charge is 2.19. The fourth-order valence-electron chi connectivity index (χ4n) is 2.17. The zero-order valence-corrected chi connectivity index (χ0v) is 12.4. The first-order valence-corrected chi connectivity index (χ1v) is 7.85. The molecule has 104 valence electrons. The molecule has 0 unspecified atom stereocenters. The van der Waals surface area contributed by atoms with Crippen molar-refractivity contribution in [3.8, 4) is 11.3 Å². The minimum absolute atomic E-state index is 0.00844. The number of rotatable bonds is 4. The number of ketones is 1. The summed E-state index contributed by atoms with van der Waals surface area (Å²) in [5.41, 5.74) is 2.26. The van der Waals surface area contributed by atoms with Crippen molar-refractivity contribution in [1.29, 1.82) is 0 Å². The lowest BCUT2D eigenvalue weighted by molar-refractivity contribution is 0.103. The van der Waals surface area contributed by atoms with Crippen LogP contribution in [0.15, 0.2) is 76.2 Å². The Morgan fingerprint density at radius 2 is 1.57 bits per heavy atom. The van der Waals surface area contributed by atoms with Crippen LogP contribution in [0.3, 0.4) is 0 Å². The maximum atomic E-state index is 12.6. The largest absolute Gasteiger partial charge is 0.449 e. The highest BCUT2D eigenvalue weighted by molar-refractivity contribution is 7.98. The van der Waals surface area contributed by atoms with Gasteiger partial charge in [-0.25, -0.2) is 0 Å². The van der Waals surface area contributed by atoms with Gasteiger partial charge in [-0.3, -0.25) is 4.79 Å². The smallest absolute Gasteiger partial charge is 0.197 e. The van der Waals surface area contributed by atoms with Crippen LogP contribution in [-0.4, -0.2) is 12.0 Å². The third-order valence-corrected chi connectivity index (χ3v) is 3.90. The van der Waals surface area contributed by atoms with E-state index in [1.54, 1.807) is 0 Å². The maximum Gasteiger partial charge on any atom is 0.197 e. The Morgan fingerprint density at radius 1 is 0.952 bits per heavy atom. The molecule has 3 aromatic rings. The van der Waals surface area contributed by atoms with Gasteiger partial charge in [0.05, 0.1) is 5.56 Å². The summed E-state index contributed by atoms with van der Waals surface area (Å²) in [7, 11) is 0. The molecule has 0 aliphatic heterocycles. The molecular weight excluding hydrogens is 280 g/mol. The van der Waals surface area contributed by atoms with E-state index in [-0.39, 0.29) is 5.78 Å². The summed E-state index contributed by atoms with van der Waals surface area (Å²) >= 11 is 1.45. The highest BCUT2D eigenvalue weighted by atomic mass is 32.2. The molecule has 2 aromatic carbocycles. The molecule has 21 heavy (non-hydrogen) atoms. The fourth-order valence-corrected chi connectivity index (χ4v) is 2.72. The molecule has 0 saturated carbocycles. The third kappa shape index (κ3) is 2.78. The van der Waals surface area contributed by atoms with Crippen LogP contribution >= 0.6 is 11.8 Å². The van der Waals surface area contributed by atoms with Crippen molar-refractivity contribution in [2.45, 2.75) is 5.09 Å². The van der Waals surface area contributed by atoms with Gasteiger partial charge in [0.15, 0.2) is 10.9 Å². The first kappa shape index (κ1) is 13.7. The van der Waals surface area contributed by atoms with Gasteiger partial charge in [0.1, 0.15) is 5.76 Å². The molecule has 0 atom stereocenters. The van der Waals surface area contributed by atoms with E-state index >= 15 is 0 Å². The van der Waals surface area contributed by atoms with Crippen molar-refractivity contribution in [3.05, 3.63) is 77.9 Å². The fraction of sp³-hybridized carbons (Fsp3) is 0.0556. The van der Waals surface area contributed by atoms with Crippen LogP contribution < -0.4 is 0 Å². The lowest BCUT2D eigenvalue weighted by atomic mass is 10.1. The van der Waals surface area contributed by atoms with E-state index in [2.05, 4.69) is 0 Å². The van der Waals surface area contributed by atoms with E-state index in [9.17, 15) is 4.79 Å². The van der Waals surface area contributed by atoms with Crippen LogP contribution in [0.25, 0.3) is 11.3 Å². The normalized spacial score (nSPS) is 10.5. The standard InChI is InChI=1S/C18H14O2S/c1-21-18-15(17(19)14-10-6-3-7-11-14)12-16(20-18)13-8-4-2-5-9-13/h2-12H,1H3. The summed E-state index contributed by atoms with van der Waals surface area (Å²) in [6, 6.07) is 20.9. The van der Waals surface area contributed by atoms with Crippen LogP contribution in [0.5, 0.6) is 0 Å². The minimum Gasteiger partial charge on any atom is -0.449 e. The summed E-state index contributed by atoms with van der Waals surface area (Å²) in [5.74, 6) is 0.713. The molecule has 0 spiro atoms. The number of carbonyl (C=O) groups is 1. The SMILES string of the molecule is CSc1oc(-c2ccccc2)cc1C(=O)c1ccccc1. The second-order valence-corrected chi connectivity index (χ2v) is 5.36. The Labute approximate surface area is 127 Å². The van der Waals surface area contributed by atoms with Crippen molar-refractivity contribution in [1.82, 2.24) is 0 Å². The van der Waals surface area contributed by atoms with E-state index in [0.29, 0.717) is 16.2 Å². The molecule has 3 heteroatoms. The van der Waals surface area contributed by atoms with E-state index in [1.807, 2.05) is 73.0 Å². The van der Waals surface area contributed by atoms with Gasteiger partial charge in [0, 0.05) is 11.1 Å². The van der Waals surface area contributed by atoms with E-state index in [1.165, 1.54) is 11.8 Å². The predicted molar refractivity (Wildman–Crippen MR) is 85.8 cm³/mol. The molecule has 1 heterocycles. The first-order chi connectivity index (χ1) is 10.3. The van der Waals surface area contributed by atoms with Crippen LogP contribution in [0, 0.1) is 0 Å². The molecule has 0 N–H and O–H groups in total. The van der Waals surface area contributed by atoms with Gasteiger partial charge >= 0.3 is 0 Å². The molecule has 0 radical (unpaired) electrons. The van der Waals surface area contributed by atoms with E-state index in [4.69, 9.17) is 4.42 Å². The van der Waals surface area contributed by atoms with Gasteiger partial charge in [-0.2, -0.15) is 0 Å². The topological polar surface area (TPSA) is 30.2 Å². The van der Waals surface area contributed by atoms with Crippen LogP contribution in [0.1, 0.15) is 15.9 Å². The Hall–Kier alpha value is -2.26. The Kier molecular flexibility index (Phi) is 3.93. The molecule has 1 aromatic heterocycles. The lowest BCUT2D eigenvalue weighted by Gasteiger charge is -1.99. The predicted octanol–water partition coefficient (Wildman–Crippen LogP) is 4.90. The van der Waals surface area contributed by atoms with E-state index < -0.39 is 0 Å². The third-order valence-electron chi connectivity index (χ3n) is 3.22. The zero-order chi connectivity index (χ0) is 14.7. The van der Waals surface area contributed by atoms with Gasteiger partial charge in [-0.1, -0.05) is 72.4 Å². The quantitative estimate of drug-likeness (QED) is 0.506. The number of hydrogen-bond donors (Lipinski definition) is 0. The Balaban J connectivity index is 2.03. The minimum atomic E-state index is -0.00844. The van der Waals surface area contributed by atoms with Gasteiger partial charge in [-0.05, 0) is 12.3 Å². The number of carbonyl (C=O) groups excluding carboxylic acids is 1. The summed E-state index contributed by atoms with van der Waals surface area (Å²) in [5, 5.41) is 0.655. The summed E-state index contributed by atoms with van der Waals surface area (Å²) in [4.78, 5) is 12.6.